The molecule has 9 nitrogen and oxygen atoms in total. The molecule has 0 aliphatic rings. The van der Waals surface area contributed by atoms with Crippen LogP contribution in [0.25, 0.3) is 0 Å². The first-order valence-corrected chi connectivity index (χ1v) is 35.4. The van der Waals surface area contributed by atoms with Gasteiger partial charge < -0.3 is 19.4 Å². The van der Waals surface area contributed by atoms with E-state index >= 15 is 0 Å². The monoisotopic (exact) mass is 1150 g/mol. The molecule has 0 saturated heterocycles. The largest absolute Gasteiger partial charge is 0.472 e. The molecule has 2 N–H and O–H groups in total. The summed E-state index contributed by atoms with van der Waals surface area (Å²) in [6.45, 7) is 6.87. The maximum Gasteiger partial charge on any atom is 0.472 e. The highest BCUT2D eigenvalue weighted by molar-refractivity contribution is 7.47. The van der Waals surface area contributed by atoms with Crippen LogP contribution in [0.3, 0.4) is 0 Å². The van der Waals surface area contributed by atoms with Crippen LogP contribution in [-0.2, 0) is 27.9 Å². The van der Waals surface area contributed by atoms with Gasteiger partial charge in [-0.1, -0.05) is 273 Å². The molecule has 0 aliphatic carbocycles. The van der Waals surface area contributed by atoms with Crippen molar-refractivity contribution in [3.63, 3.8) is 0 Å². The van der Waals surface area contributed by atoms with E-state index in [4.69, 9.17) is 13.8 Å². The fourth-order valence-electron chi connectivity index (χ4n) is 9.61. The number of hydrogen-bond donors (Lipinski definition) is 2. The van der Waals surface area contributed by atoms with E-state index in [1.807, 2.05) is 33.3 Å². The van der Waals surface area contributed by atoms with Crippen molar-refractivity contribution in [1.82, 2.24) is 5.32 Å². The molecular weight excluding hydrogens is 1020 g/mol. The summed E-state index contributed by atoms with van der Waals surface area (Å²) >= 11 is 0. The maximum absolute atomic E-state index is 13.5. The molecule has 0 bridgehead atoms. The highest BCUT2D eigenvalue weighted by Gasteiger charge is 2.30. The first kappa shape index (κ1) is 78.2. The molecule has 0 spiro atoms. The average Bonchev–Trinajstić information content (AvgIpc) is 3.44. The van der Waals surface area contributed by atoms with Crippen LogP contribution >= 0.6 is 7.82 Å². The molecular formula is C71H130N2O7P+. The van der Waals surface area contributed by atoms with E-state index in [1.54, 1.807) is 0 Å². The van der Waals surface area contributed by atoms with Gasteiger partial charge in [0.25, 0.3) is 0 Å². The molecule has 3 atom stereocenters. The van der Waals surface area contributed by atoms with Crippen molar-refractivity contribution in [2.75, 3.05) is 40.9 Å². The lowest BCUT2D eigenvalue weighted by molar-refractivity contribution is -0.870. The van der Waals surface area contributed by atoms with Gasteiger partial charge in [0.2, 0.25) is 5.91 Å². The van der Waals surface area contributed by atoms with E-state index in [0.717, 1.165) is 89.9 Å². The zero-order chi connectivity index (χ0) is 59.3. The first-order chi connectivity index (χ1) is 39.4. The second-order valence-corrected chi connectivity index (χ2v) is 25.4. The van der Waals surface area contributed by atoms with Gasteiger partial charge in [-0.2, -0.15) is 0 Å². The van der Waals surface area contributed by atoms with Crippen molar-refractivity contribution in [2.45, 2.75) is 315 Å². The molecule has 0 aromatic heterocycles. The smallest absolute Gasteiger partial charge is 0.456 e. The minimum absolute atomic E-state index is 0.0317. The minimum Gasteiger partial charge on any atom is -0.456 e. The van der Waals surface area contributed by atoms with Gasteiger partial charge in [-0.25, -0.2) is 4.57 Å². The Balaban J connectivity index is 5.06. The molecule has 0 fully saturated rings. The molecule has 10 heteroatoms. The van der Waals surface area contributed by atoms with Crippen LogP contribution in [0, 0.1) is 0 Å². The summed E-state index contributed by atoms with van der Waals surface area (Å²) in [5.41, 5.74) is 0. The van der Waals surface area contributed by atoms with Crippen molar-refractivity contribution in [3.8, 4) is 0 Å². The van der Waals surface area contributed by atoms with Gasteiger partial charge in [-0.15, -0.1) is 0 Å². The Bertz CT molecular complexity index is 1660. The molecule has 0 aromatic rings. The number of likely N-dealkylation sites (N-methyl/N-ethyl adjacent to an activating group) is 1. The fraction of sp³-hybridized carbons (Fsp3) is 0.775. The quantitative estimate of drug-likeness (QED) is 0.0205. The number of ether oxygens (including phenoxy) is 1. The molecule has 3 unspecified atom stereocenters. The summed E-state index contributed by atoms with van der Waals surface area (Å²) in [7, 11) is 1.47. The molecule has 0 radical (unpaired) electrons. The summed E-state index contributed by atoms with van der Waals surface area (Å²) in [6, 6.07) is -0.868. The van der Waals surface area contributed by atoms with Crippen LogP contribution in [-0.4, -0.2) is 74.3 Å². The number of phosphoric ester groups is 1. The molecule has 1 amide bonds. The van der Waals surface area contributed by atoms with Crippen LogP contribution in [0.5, 0.6) is 0 Å². The van der Waals surface area contributed by atoms with Crippen molar-refractivity contribution in [1.29, 1.82) is 0 Å². The number of phosphoric acid groups is 1. The first-order valence-electron chi connectivity index (χ1n) is 33.9. The Labute approximate surface area is 501 Å². The van der Waals surface area contributed by atoms with E-state index in [0.29, 0.717) is 23.9 Å². The number of carbonyl (C=O) groups is 2. The molecule has 0 aliphatic heterocycles. The number of unbranched alkanes of at least 4 members (excludes halogenated alkanes) is 33. The third kappa shape index (κ3) is 61.6. The standard InChI is InChI=1S/C71H129N2O7P/c1-7-10-13-16-19-22-25-28-30-32-33-34-35-36-37-38-39-40-41-42-44-46-49-52-55-58-61-64-71(75)80-69(62-59-56-53-50-47-27-24-21-18-15-12-9-3)68(67-79-81(76,77)78-66-65-73(4,5)6)72-70(74)63-60-57-54-51-48-45-43-31-29-26-23-20-17-14-11-8-2/h11,14,19-20,22-23,28-31,45,48,59,62,68-69H,7-10,12-13,15-18,21,24-27,32-44,46-47,49-58,60-61,63-67H2,1-6H3,(H-,72,74,76,77)/p+1/b14-11+,22-19-,23-20+,30-28-,31-29+,48-45+,62-59-. The van der Waals surface area contributed by atoms with Gasteiger partial charge in [-0.05, 0) is 102 Å². The lowest BCUT2D eigenvalue weighted by atomic mass is 10.0. The van der Waals surface area contributed by atoms with E-state index < -0.39 is 20.0 Å². The average molecular weight is 1150 g/mol. The molecule has 470 valence electrons. The van der Waals surface area contributed by atoms with E-state index in [-0.39, 0.29) is 31.5 Å². The Kier molecular flexibility index (Phi) is 58.2. The predicted octanol–water partition coefficient (Wildman–Crippen LogP) is 21.3. The molecule has 0 aromatic carbocycles. The number of esters is 1. The fourth-order valence-corrected chi connectivity index (χ4v) is 10.3. The van der Waals surface area contributed by atoms with Crippen molar-refractivity contribution in [2.24, 2.45) is 0 Å². The Hall–Kier alpha value is -2.81. The highest BCUT2D eigenvalue weighted by atomic mass is 31.2. The normalized spacial score (nSPS) is 14.1. The third-order valence-corrected chi connectivity index (χ3v) is 15.8. The van der Waals surface area contributed by atoms with Gasteiger partial charge in [0.05, 0.1) is 33.8 Å². The lowest BCUT2D eigenvalue weighted by Crippen LogP contribution is -2.47. The number of amides is 1. The van der Waals surface area contributed by atoms with Gasteiger partial charge >= 0.3 is 13.8 Å². The highest BCUT2D eigenvalue weighted by Crippen LogP contribution is 2.43. The SMILES string of the molecule is CC/C=C/C/C=C/C/C=C/C/C=C/CCCCCC(=O)NC(COP(=O)(O)OCC[N+](C)(C)C)C(/C=C\CCCCCCCCCCCC)OC(=O)CCCCCCCCCCCCCCCCCCC/C=C\C/C=C\CCCCC. The number of quaternary nitrogens is 1. The predicted molar refractivity (Wildman–Crippen MR) is 351 cm³/mol. The van der Waals surface area contributed by atoms with Crippen LogP contribution in [0.15, 0.2) is 85.1 Å². The van der Waals surface area contributed by atoms with Crippen molar-refractivity contribution < 1.29 is 37.3 Å². The zero-order valence-corrected chi connectivity index (χ0v) is 54.7. The van der Waals surface area contributed by atoms with Crippen molar-refractivity contribution in [3.05, 3.63) is 85.1 Å². The van der Waals surface area contributed by atoms with E-state index in [2.05, 4.69) is 99.0 Å². The molecule has 81 heavy (non-hydrogen) atoms. The zero-order valence-electron chi connectivity index (χ0n) is 53.8. The molecule has 0 saturated carbocycles. The van der Waals surface area contributed by atoms with Gasteiger partial charge in [0.15, 0.2) is 0 Å². The molecule has 0 rings (SSSR count). The third-order valence-electron chi connectivity index (χ3n) is 14.8. The van der Waals surface area contributed by atoms with Gasteiger partial charge in [0, 0.05) is 12.8 Å². The Morgan fingerprint density at radius 2 is 0.790 bits per heavy atom. The topological polar surface area (TPSA) is 111 Å². The van der Waals surface area contributed by atoms with Gasteiger partial charge in [0.1, 0.15) is 19.3 Å². The summed E-state index contributed by atoms with van der Waals surface area (Å²) in [5, 5.41) is 3.04. The number of rotatable bonds is 61. The minimum atomic E-state index is -4.46. The Morgan fingerprint density at radius 1 is 0.444 bits per heavy atom. The van der Waals surface area contributed by atoms with Gasteiger partial charge in [-0.3, -0.25) is 18.6 Å². The number of carbonyl (C=O) groups excluding carboxylic acids is 2. The number of nitrogens with zero attached hydrogens (tertiary/aromatic N) is 1. The van der Waals surface area contributed by atoms with Crippen molar-refractivity contribution >= 4 is 19.7 Å². The summed E-state index contributed by atoms with van der Waals surface area (Å²) in [5.74, 6) is -0.536. The summed E-state index contributed by atoms with van der Waals surface area (Å²) in [4.78, 5) is 37.8. The van der Waals surface area contributed by atoms with Crippen LogP contribution in [0.2, 0.25) is 0 Å². The number of hydrogen-bond acceptors (Lipinski definition) is 6. The Morgan fingerprint density at radius 3 is 1.22 bits per heavy atom. The second-order valence-electron chi connectivity index (χ2n) is 24.0. The van der Waals surface area contributed by atoms with E-state index in [1.165, 1.54) is 173 Å². The maximum atomic E-state index is 13.5. The van der Waals surface area contributed by atoms with Crippen LogP contribution in [0.4, 0.5) is 0 Å². The number of allylic oxidation sites excluding steroid dienone is 13. The molecule has 0 heterocycles. The summed E-state index contributed by atoms with van der Waals surface area (Å²) < 4.78 is 30.7. The second kappa shape index (κ2) is 60.3. The number of nitrogens with one attached hydrogen (secondary N) is 1. The van der Waals surface area contributed by atoms with Crippen LogP contribution in [0.1, 0.15) is 303 Å². The van der Waals surface area contributed by atoms with E-state index in [9.17, 15) is 19.0 Å². The van der Waals surface area contributed by atoms with Crippen LogP contribution < -0.4 is 5.32 Å². The summed E-state index contributed by atoms with van der Waals surface area (Å²) in [6.07, 6.45) is 80.3. The lowest BCUT2D eigenvalue weighted by Gasteiger charge is -2.27.